The van der Waals surface area contributed by atoms with Gasteiger partial charge in [0.05, 0.1) is 8.69 Å². The van der Waals surface area contributed by atoms with E-state index in [4.69, 9.17) is 19.7 Å². The maximum Gasteiger partial charge on any atom is 1.00 e. The van der Waals surface area contributed by atoms with Crippen molar-refractivity contribution in [2.75, 3.05) is 13.2 Å². The van der Waals surface area contributed by atoms with Crippen molar-refractivity contribution in [2.24, 2.45) is 0 Å². The Balaban J connectivity index is -0.000000107. The fourth-order valence-electron chi connectivity index (χ4n) is 0.224. The number of hydrogen-bond donors (Lipinski definition) is 2. The van der Waals surface area contributed by atoms with Crippen molar-refractivity contribution in [3.05, 3.63) is 0 Å². The van der Waals surface area contributed by atoms with Crippen LogP contribution in [0.1, 0.15) is 12.8 Å². The zero-order valence-electron chi connectivity index (χ0n) is 5.99. The molecule has 2 N–H and O–H groups in total. The van der Waals surface area contributed by atoms with Gasteiger partial charge in [0.2, 0.25) is 0 Å². The zero-order chi connectivity index (χ0) is 7.54. The first-order chi connectivity index (χ1) is 4.33. The molecule has 0 rings (SSSR count). The van der Waals surface area contributed by atoms with Crippen LogP contribution in [0.2, 0.25) is 0 Å². The van der Waals surface area contributed by atoms with Crippen LogP contribution in [0.15, 0.2) is 0 Å². The van der Waals surface area contributed by atoms with Crippen LogP contribution < -0.4 is 56.3 Å². The molecule has 0 spiro atoms. The number of aliphatic hydroxyl groups is 2. The van der Waals surface area contributed by atoms with Crippen LogP contribution in [-0.2, 0) is 4.57 Å². The Morgan fingerprint density at radius 3 is 1.50 bits per heavy atom. The predicted octanol–water partition coefficient (Wildman–Crippen LogP) is -3.69. The summed E-state index contributed by atoms with van der Waals surface area (Å²) in [5.41, 5.74) is 0. The minimum atomic E-state index is -1.08. The van der Waals surface area contributed by atoms with Gasteiger partial charge in [-0.2, -0.15) is 0 Å². The fourth-order valence-corrected chi connectivity index (χ4v) is 0.224. The Bertz CT molecular complexity index is 50.5. The summed E-state index contributed by atoms with van der Waals surface area (Å²) in [5.74, 6) is 0. The largest absolute Gasteiger partial charge is 1.00 e. The Kier molecular flexibility index (Phi) is 39.5. The van der Waals surface area contributed by atoms with Gasteiger partial charge in [0.1, 0.15) is 0 Å². The van der Waals surface area contributed by atoms with Crippen LogP contribution in [0.4, 0.5) is 0 Å². The van der Waals surface area contributed by atoms with E-state index in [-0.39, 0.29) is 64.6 Å². The van der Waals surface area contributed by atoms with E-state index in [1.165, 1.54) is 0 Å². The van der Waals surface area contributed by atoms with Crippen molar-refractivity contribution in [2.45, 2.75) is 12.8 Å². The number of rotatable bonds is 3. The van der Waals surface area contributed by atoms with Crippen LogP contribution in [-0.4, -0.2) is 23.4 Å². The first-order valence-electron chi connectivity index (χ1n) is 2.50. The van der Waals surface area contributed by atoms with E-state index in [2.05, 4.69) is 0 Å². The van der Waals surface area contributed by atoms with E-state index < -0.39 is 8.69 Å². The van der Waals surface area contributed by atoms with Crippen LogP contribution in [0.25, 0.3) is 0 Å². The molecule has 0 aliphatic carbocycles. The molecule has 0 fully saturated rings. The molecular weight excluding hydrogens is 182 g/mol. The molecule has 0 saturated heterocycles. The minimum absolute atomic E-state index is 0. The van der Waals surface area contributed by atoms with E-state index in [1.54, 1.807) is 0 Å². The van der Waals surface area contributed by atoms with Gasteiger partial charge in [0.25, 0.3) is 0 Å². The van der Waals surface area contributed by atoms with Gasteiger partial charge in [0, 0.05) is 13.2 Å². The van der Waals surface area contributed by atoms with Crippen molar-refractivity contribution in [3.63, 3.8) is 0 Å². The summed E-state index contributed by atoms with van der Waals surface area (Å²) in [7, 11) is -1.08. The Morgan fingerprint density at radius 1 is 1.20 bits per heavy atom. The molecule has 6 heteroatoms. The molecule has 0 aromatic heterocycles. The molecule has 56 valence electrons. The van der Waals surface area contributed by atoms with Gasteiger partial charge in [-0.3, -0.25) is 4.57 Å². The zero-order valence-corrected chi connectivity index (χ0v) is 10.0. The normalized spacial score (nSPS) is 7.50. The van der Waals surface area contributed by atoms with Crippen LogP contribution in [0.5, 0.6) is 0 Å². The monoisotopic (exact) mass is 192 g/mol. The van der Waals surface area contributed by atoms with Gasteiger partial charge in [-0.05, 0) is 12.8 Å². The SMILES string of the molecule is O=P[O-].OCCCCO.[K+]. The first kappa shape index (κ1) is 17.6. The van der Waals surface area contributed by atoms with Gasteiger partial charge in [-0.1, -0.05) is 0 Å². The topological polar surface area (TPSA) is 80.6 Å². The summed E-state index contributed by atoms with van der Waals surface area (Å²) in [5, 5.41) is 16.2. The molecule has 0 heterocycles. The summed E-state index contributed by atoms with van der Waals surface area (Å²) < 4.78 is 8.35. The third kappa shape index (κ3) is 33.5. The van der Waals surface area contributed by atoms with Crippen molar-refractivity contribution < 1.29 is 71.1 Å². The van der Waals surface area contributed by atoms with Crippen LogP contribution in [0, 0.1) is 0 Å². The van der Waals surface area contributed by atoms with Crippen molar-refractivity contribution >= 4 is 8.69 Å². The predicted molar refractivity (Wildman–Crippen MR) is 31.0 cm³/mol. The van der Waals surface area contributed by atoms with E-state index in [1.807, 2.05) is 0 Å². The second-order valence-corrected chi connectivity index (χ2v) is 1.38. The van der Waals surface area contributed by atoms with Crippen LogP contribution >= 0.6 is 8.69 Å². The maximum atomic E-state index is 8.35. The molecule has 0 radical (unpaired) electrons. The summed E-state index contributed by atoms with van der Waals surface area (Å²) in [4.78, 5) is 8.35. The molecule has 0 bridgehead atoms. The molecule has 0 amide bonds. The second-order valence-electron chi connectivity index (χ2n) is 1.23. The molecule has 0 saturated carbocycles. The van der Waals surface area contributed by atoms with E-state index in [0.29, 0.717) is 0 Å². The standard InChI is InChI=1S/C4H10O2.K.HO2P/c5-3-1-2-4-6;;1-3-2/h5-6H,1-4H2;;(H,1,2)/q;+1;/p-1. The molecule has 0 aliphatic rings. The van der Waals surface area contributed by atoms with Gasteiger partial charge >= 0.3 is 51.4 Å². The molecule has 0 atom stereocenters. The number of aliphatic hydroxyl groups excluding tert-OH is 2. The van der Waals surface area contributed by atoms with Gasteiger partial charge in [-0.15, -0.1) is 0 Å². The summed E-state index contributed by atoms with van der Waals surface area (Å²) in [6.07, 6.45) is 1.44. The Labute approximate surface area is 104 Å². The molecule has 0 aromatic carbocycles. The molecule has 0 unspecified atom stereocenters. The second kappa shape index (κ2) is 22.4. The molecule has 4 nitrogen and oxygen atoms in total. The quantitative estimate of drug-likeness (QED) is 0.274. The number of unbranched alkanes of at least 4 members (excludes halogenated alkanes) is 1. The Morgan fingerprint density at radius 2 is 1.40 bits per heavy atom. The van der Waals surface area contributed by atoms with Gasteiger partial charge in [0.15, 0.2) is 0 Å². The van der Waals surface area contributed by atoms with Crippen molar-refractivity contribution in [1.82, 2.24) is 0 Å². The van der Waals surface area contributed by atoms with E-state index in [9.17, 15) is 0 Å². The van der Waals surface area contributed by atoms with E-state index in [0.717, 1.165) is 12.8 Å². The van der Waals surface area contributed by atoms with Crippen molar-refractivity contribution in [3.8, 4) is 0 Å². The molecule has 0 aromatic rings. The van der Waals surface area contributed by atoms with Gasteiger partial charge < -0.3 is 15.1 Å². The average molecular weight is 192 g/mol. The smallest absolute Gasteiger partial charge is 0.772 e. The van der Waals surface area contributed by atoms with Crippen molar-refractivity contribution in [1.29, 1.82) is 0 Å². The molecule has 10 heavy (non-hydrogen) atoms. The first-order valence-corrected chi connectivity index (χ1v) is 3.23. The summed E-state index contributed by atoms with van der Waals surface area (Å²) in [6.45, 7) is 0.390. The Hall–Kier alpha value is 1.62. The molecular formula is C4H10KO4P. The maximum absolute atomic E-state index is 8.35. The van der Waals surface area contributed by atoms with E-state index >= 15 is 0 Å². The van der Waals surface area contributed by atoms with Crippen LogP contribution in [0.3, 0.4) is 0 Å². The van der Waals surface area contributed by atoms with Gasteiger partial charge in [-0.25, -0.2) is 0 Å². The third-order valence-corrected chi connectivity index (χ3v) is 0.566. The summed E-state index contributed by atoms with van der Waals surface area (Å²) in [6, 6.07) is 0. The average Bonchev–Trinajstić information content (AvgIpc) is 1.86. The molecule has 0 aliphatic heterocycles. The third-order valence-electron chi connectivity index (χ3n) is 0.566. The summed E-state index contributed by atoms with van der Waals surface area (Å²) >= 11 is 0. The minimum Gasteiger partial charge on any atom is -0.772 e. The fraction of sp³-hybridized carbons (Fsp3) is 1.00. The number of hydrogen-bond acceptors (Lipinski definition) is 4.